The van der Waals surface area contributed by atoms with Gasteiger partial charge in [0.25, 0.3) is 0 Å². The first kappa shape index (κ1) is 27.6. The maximum absolute atomic E-state index is 12.4. The first-order chi connectivity index (χ1) is 14.4. The zero-order chi connectivity index (χ0) is 23.5. The van der Waals surface area contributed by atoms with Gasteiger partial charge in [0.2, 0.25) is 0 Å². The molecule has 1 aliphatic rings. The molecule has 0 unspecified atom stereocenters. The Hall–Kier alpha value is -1.48. The molecule has 1 aliphatic heterocycles. The van der Waals surface area contributed by atoms with Gasteiger partial charge in [-0.3, -0.25) is 24.3 Å². The lowest BCUT2D eigenvalue weighted by atomic mass is 10.2. The molecule has 0 radical (unpaired) electrons. The van der Waals surface area contributed by atoms with E-state index in [2.05, 4.69) is 26.6 Å². The third-order valence-corrected chi connectivity index (χ3v) is 4.61. The molecule has 0 aromatic heterocycles. The van der Waals surface area contributed by atoms with Gasteiger partial charge in [-0.05, 0) is 41.5 Å². The summed E-state index contributed by atoms with van der Waals surface area (Å²) in [5, 5.41) is 3.45. The minimum Gasteiger partial charge on any atom is -0.459 e. The summed E-state index contributed by atoms with van der Waals surface area (Å²) in [7, 11) is 0. The number of hydrogen-bond acceptors (Lipinski definition) is 8. The molecule has 8 heteroatoms. The number of nitrogens with one attached hydrogen (secondary N) is 1. The highest BCUT2D eigenvalue weighted by atomic mass is 16.6. The van der Waals surface area contributed by atoms with Crippen LogP contribution in [0.15, 0.2) is 12.7 Å². The number of hydrogen-bond donors (Lipinski definition) is 1. The van der Waals surface area contributed by atoms with Crippen LogP contribution < -0.4 is 5.32 Å². The number of ether oxygens (including phenoxy) is 2. The lowest BCUT2D eigenvalue weighted by molar-refractivity contribution is -0.158. The third kappa shape index (κ3) is 14.2. The standard InChI is InChI=1S/C23H44N4O4/c1-8-11-25-12-9-24-10-13-26(18-20(28)30-22(2,3)4)16-17-27(15-14-25)19-21(29)31-23(5,6)7/h8,24H,1,9-19H2,2-7H3. The number of carbonyl (C=O) groups excluding carboxylic acids is 2. The van der Waals surface area contributed by atoms with Crippen LogP contribution in [0.25, 0.3) is 0 Å². The van der Waals surface area contributed by atoms with Crippen LogP contribution in [0.4, 0.5) is 0 Å². The van der Waals surface area contributed by atoms with Gasteiger partial charge in [-0.15, -0.1) is 6.58 Å². The Morgan fingerprint density at radius 2 is 1.16 bits per heavy atom. The maximum atomic E-state index is 12.4. The Kier molecular flexibility index (Phi) is 11.7. The van der Waals surface area contributed by atoms with Crippen molar-refractivity contribution in [3.63, 3.8) is 0 Å². The molecule has 1 saturated heterocycles. The van der Waals surface area contributed by atoms with E-state index in [1.54, 1.807) is 0 Å². The molecule has 8 nitrogen and oxygen atoms in total. The van der Waals surface area contributed by atoms with E-state index >= 15 is 0 Å². The van der Waals surface area contributed by atoms with Gasteiger partial charge in [0, 0.05) is 58.9 Å². The van der Waals surface area contributed by atoms with E-state index in [0.717, 1.165) is 45.8 Å². The topological polar surface area (TPSA) is 74.4 Å². The summed E-state index contributed by atoms with van der Waals surface area (Å²) in [4.78, 5) is 31.3. The van der Waals surface area contributed by atoms with Crippen molar-refractivity contribution >= 4 is 11.9 Å². The van der Waals surface area contributed by atoms with Crippen molar-refractivity contribution in [2.75, 3.05) is 72.0 Å². The largest absolute Gasteiger partial charge is 0.459 e. The quantitative estimate of drug-likeness (QED) is 0.490. The lowest BCUT2D eigenvalue weighted by Crippen LogP contribution is -2.47. The Bertz CT molecular complexity index is 569. The number of rotatable bonds is 6. The average molecular weight is 441 g/mol. The van der Waals surface area contributed by atoms with Gasteiger partial charge in [0.15, 0.2) is 0 Å². The highest BCUT2D eigenvalue weighted by Gasteiger charge is 2.22. The molecule has 0 bridgehead atoms. The van der Waals surface area contributed by atoms with E-state index in [1.165, 1.54) is 0 Å². The number of esters is 2. The van der Waals surface area contributed by atoms with Crippen LogP contribution >= 0.6 is 0 Å². The Morgan fingerprint density at radius 3 is 1.58 bits per heavy atom. The van der Waals surface area contributed by atoms with Gasteiger partial charge in [0.1, 0.15) is 11.2 Å². The summed E-state index contributed by atoms with van der Waals surface area (Å²) in [5.41, 5.74) is -1.01. The van der Waals surface area contributed by atoms with Crippen LogP contribution in [0.3, 0.4) is 0 Å². The first-order valence-electron chi connectivity index (χ1n) is 11.3. The van der Waals surface area contributed by atoms with E-state index in [4.69, 9.17) is 9.47 Å². The van der Waals surface area contributed by atoms with Crippen LogP contribution in [0.2, 0.25) is 0 Å². The summed E-state index contributed by atoms with van der Waals surface area (Å²) < 4.78 is 11.0. The van der Waals surface area contributed by atoms with Crippen LogP contribution in [0.1, 0.15) is 41.5 Å². The normalized spacial score (nSPS) is 19.2. The van der Waals surface area contributed by atoms with Gasteiger partial charge < -0.3 is 14.8 Å². The number of carbonyl (C=O) groups is 2. The van der Waals surface area contributed by atoms with Crippen molar-refractivity contribution in [1.29, 1.82) is 0 Å². The minimum absolute atomic E-state index is 0.226. The van der Waals surface area contributed by atoms with Gasteiger partial charge in [-0.1, -0.05) is 6.08 Å². The fourth-order valence-electron chi connectivity index (χ4n) is 3.29. The fraction of sp³-hybridized carbons (Fsp3) is 0.826. The highest BCUT2D eigenvalue weighted by Crippen LogP contribution is 2.09. The molecule has 1 rings (SSSR count). The summed E-state index contributed by atoms with van der Waals surface area (Å²) in [6.45, 7) is 22.6. The van der Waals surface area contributed by atoms with E-state index in [9.17, 15) is 9.59 Å². The van der Waals surface area contributed by atoms with E-state index in [1.807, 2.05) is 47.6 Å². The van der Waals surface area contributed by atoms with Gasteiger partial charge >= 0.3 is 11.9 Å². The van der Waals surface area contributed by atoms with Crippen LogP contribution in [0, 0.1) is 0 Å². The van der Waals surface area contributed by atoms with Crippen LogP contribution in [-0.4, -0.2) is 110 Å². The Morgan fingerprint density at radius 1 is 0.774 bits per heavy atom. The van der Waals surface area contributed by atoms with Crippen molar-refractivity contribution in [3.8, 4) is 0 Å². The second-order valence-corrected chi connectivity index (χ2v) is 10.1. The second kappa shape index (κ2) is 13.2. The molecule has 0 aliphatic carbocycles. The molecule has 1 fully saturated rings. The van der Waals surface area contributed by atoms with Crippen molar-refractivity contribution in [2.24, 2.45) is 0 Å². The van der Waals surface area contributed by atoms with Gasteiger partial charge in [-0.2, -0.15) is 0 Å². The lowest BCUT2D eigenvalue weighted by Gasteiger charge is -2.31. The molecule has 1 heterocycles. The zero-order valence-corrected chi connectivity index (χ0v) is 20.5. The molecule has 0 aromatic rings. The summed E-state index contributed by atoms with van der Waals surface area (Å²) in [5.74, 6) is -0.453. The Balaban J connectivity index is 2.80. The van der Waals surface area contributed by atoms with Gasteiger partial charge in [-0.25, -0.2) is 0 Å². The molecule has 0 aromatic carbocycles. The molecular weight excluding hydrogens is 396 g/mol. The fourth-order valence-corrected chi connectivity index (χ4v) is 3.29. The number of nitrogens with zero attached hydrogens (tertiary/aromatic N) is 3. The van der Waals surface area contributed by atoms with E-state index in [0.29, 0.717) is 13.1 Å². The van der Waals surface area contributed by atoms with Crippen LogP contribution in [0.5, 0.6) is 0 Å². The van der Waals surface area contributed by atoms with E-state index < -0.39 is 11.2 Å². The van der Waals surface area contributed by atoms with Crippen molar-refractivity contribution in [3.05, 3.63) is 12.7 Å². The molecule has 31 heavy (non-hydrogen) atoms. The molecule has 0 amide bonds. The SMILES string of the molecule is C=CCN1CCNCCN(CC(=O)OC(C)(C)C)CCN(CC(=O)OC(C)(C)C)CC1. The van der Waals surface area contributed by atoms with Gasteiger partial charge in [0.05, 0.1) is 13.1 Å². The van der Waals surface area contributed by atoms with Crippen LogP contribution in [-0.2, 0) is 19.1 Å². The molecule has 0 atom stereocenters. The first-order valence-corrected chi connectivity index (χ1v) is 11.3. The Labute approximate surface area is 188 Å². The molecule has 180 valence electrons. The minimum atomic E-state index is -0.507. The maximum Gasteiger partial charge on any atom is 0.320 e. The molecule has 1 N–H and O–H groups in total. The average Bonchev–Trinajstić information content (AvgIpc) is 2.58. The molecular formula is C23H44N4O4. The van der Waals surface area contributed by atoms with Crippen molar-refractivity contribution in [2.45, 2.75) is 52.7 Å². The smallest absolute Gasteiger partial charge is 0.320 e. The predicted molar refractivity (Wildman–Crippen MR) is 124 cm³/mol. The highest BCUT2D eigenvalue weighted by molar-refractivity contribution is 5.72. The van der Waals surface area contributed by atoms with Crippen molar-refractivity contribution in [1.82, 2.24) is 20.0 Å². The summed E-state index contributed by atoms with van der Waals surface area (Å²) >= 11 is 0. The second-order valence-electron chi connectivity index (χ2n) is 10.1. The predicted octanol–water partition coefficient (Wildman–Crippen LogP) is 1.37. The zero-order valence-electron chi connectivity index (χ0n) is 20.5. The van der Waals surface area contributed by atoms with Crippen molar-refractivity contribution < 1.29 is 19.1 Å². The monoisotopic (exact) mass is 440 g/mol. The van der Waals surface area contributed by atoms with E-state index in [-0.39, 0.29) is 25.0 Å². The molecule has 0 saturated carbocycles. The molecule has 0 spiro atoms. The summed E-state index contributed by atoms with van der Waals surface area (Å²) in [6.07, 6.45) is 1.91. The third-order valence-electron chi connectivity index (χ3n) is 4.61. The summed E-state index contributed by atoms with van der Waals surface area (Å²) in [6, 6.07) is 0.